The molecule has 0 amide bonds. The Balaban J connectivity index is 2.97. The van der Waals surface area contributed by atoms with Crippen LogP contribution in [-0.4, -0.2) is 25.5 Å². The van der Waals surface area contributed by atoms with Crippen LogP contribution in [0.25, 0.3) is 0 Å². The second-order valence-electron chi connectivity index (χ2n) is 4.90. The molecule has 112 valence electrons. The molecule has 1 aromatic carbocycles. The Labute approximate surface area is 120 Å². The lowest BCUT2D eigenvalue weighted by molar-refractivity contribution is -0.139. The van der Waals surface area contributed by atoms with Crippen molar-refractivity contribution in [2.24, 2.45) is 0 Å². The summed E-state index contributed by atoms with van der Waals surface area (Å²) in [5.74, 6) is -1.15. The van der Waals surface area contributed by atoms with Crippen LogP contribution < -0.4 is 4.72 Å². The first-order valence-corrected chi connectivity index (χ1v) is 8.08. The van der Waals surface area contributed by atoms with Crippen molar-refractivity contribution in [2.75, 3.05) is 0 Å². The molecule has 0 aliphatic heterocycles. The van der Waals surface area contributed by atoms with Crippen LogP contribution in [0.5, 0.6) is 0 Å². The lowest BCUT2D eigenvalue weighted by Gasteiger charge is -2.15. The average Bonchev–Trinajstić information content (AvgIpc) is 2.37. The minimum atomic E-state index is -3.81. The standard InChI is InChI=1S/C14H21NO4S/c1-4-5-6-13(14(16)17)15-20(18,19)12-8-7-10(2)11(3)9-12/h7-9,13,15H,4-6H2,1-3H3,(H,16,17)/t13-/m0/s1. The number of hydrogen-bond acceptors (Lipinski definition) is 3. The van der Waals surface area contributed by atoms with E-state index in [2.05, 4.69) is 4.72 Å². The van der Waals surface area contributed by atoms with Gasteiger partial charge in [0.15, 0.2) is 0 Å². The van der Waals surface area contributed by atoms with Gasteiger partial charge < -0.3 is 5.11 Å². The number of carboxylic acid groups (broad SMARTS) is 1. The second-order valence-corrected chi connectivity index (χ2v) is 6.61. The normalized spacial score (nSPS) is 13.2. The zero-order valence-corrected chi connectivity index (χ0v) is 12.8. The maximum Gasteiger partial charge on any atom is 0.321 e. The van der Waals surface area contributed by atoms with E-state index in [4.69, 9.17) is 5.11 Å². The van der Waals surface area contributed by atoms with Crippen LogP contribution in [-0.2, 0) is 14.8 Å². The van der Waals surface area contributed by atoms with E-state index in [0.29, 0.717) is 6.42 Å². The fourth-order valence-electron chi connectivity index (χ4n) is 1.78. The molecule has 0 spiro atoms. The van der Waals surface area contributed by atoms with E-state index in [-0.39, 0.29) is 11.3 Å². The molecule has 1 atom stereocenters. The van der Waals surface area contributed by atoms with Crippen LogP contribution in [0.2, 0.25) is 0 Å². The largest absolute Gasteiger partial charge is 0.480 e. The molecular formula is C14H21NO4S. The molecule has 0 fully saturated rings. The Bertz CT molecular complexity index is 581. The van der Waals surface area contributed by atoms with E-state index < -0.39 is 22.0 Å². The van der Waals surface area contributed by atoms with Crippen LogP contribution in [0, 0.1) is 13.8 Å². The summed E-state index contributed by atoms with van der Waals surface area (Å²) >= 11 is 0. The monoisotopic (exact) mass is 299 g/mol. The van der Waals surface area contributed by atoms with Crippen molar-refractivity contribution in [1.29, 1.82) is 0 Å². The highest BCUT2D eigenvalue weighted by molar-refractivity contribution is 7.89. The zero-order chi connectivity index (χ0) is 15.3. The zero-order valence-electron chi connectivity index (χ0n) is 12.0. The van der Waals surface area contributed by atoms with Gasteiger partial charge in [0, 0.05) is 0 Å². The summed E-state index contributed by atoms with van der Waals surface area (Å²) in [6.07, 6.45) is 1.76. The van der Waals surface area contributed by atoms with Gasteiger partial charge in [-0.05, 0) is 43.5 Å². The number of sulfonamides is 1. The van der Waals surface area contributed by atoms with Crippen LogP contribution in [0.1, 0.15) is 37.3 Å². The Morgan fingerprint density at radius 3 is 2.45 bits per heavy atom. The molecule has 0 saturated carbocycles. The predicted molar refractivity (Wildman–Crippen MR) is 77.2 cm³/mol. The van der Waals surface area contributed by atoms with Crippen molar-refractivity contribution in [2.45, 2.75) is 51.0 Å². The number of rotatable bonds is 7. The van der Waals surface area contributed by atoms with Crippen molar-refractivity contribution < 1.29 is 18.3 Å². The first-order valence-electron chi connectivity index (χ1n) is 6.60. The molecule has 0 saturated heterocycles. The highest BCUT2D eigenvalue weighted by Crippen LogP contribution is 2.15. The summed E-state index contributed by atoms with van der Waals surface area (Å²) in [5.41, 5.74) is 1.85. The number of aliphatic carboxylic acids is 1. The molecule has 5 nitrogen and oxygen atoms in total. The van der Waals surface area contributed by atoms with Gasteiger partial charge in [-0.1, -0.05) is 25.8 Å². The van der Waals surface area contributed by atoms with E-state index >= 15 is 0 Å². The molecule has 1 aromatic rings. The van der Waals surface area contributed by atoms with Crippen molar-refractivity contribution >= 4 is 16.0 Å². The Hall–Kier alpha value is -1.40. The Morgan fingerprint density at radius 2 is 1.95 bits per heavy atom. The summed E-state index contributed by atoms with van der Waals surface area (Å²) in [4.78, 5) is 11.2. The predicted octanol–water partition coefficient (Wildman–Crippen LogP) is 2.23. The smallest absolute Gasteiger partial charge is 0.321 e. The van der Waals surface area contributed by atoms with E-state index in [1.54, 1.807) is 12.1 Å². The van der Waals surface area contributed by atoms with Gasteiger partial charge in [-0.25, -0.2) is 8.42 Å². The number of carbonyl (C=O) groups is 1. The van der Waals surface area contributed by atoms with Crippen LogP contribution in [0.3, 0.4) is 0 Å². The number of nitrogens with one attached hydrogen (secondary N) is 1. The number of carboxylic acids is 1. The van der Waals surface area contributed by atoms with Gasteiger partial charge in [0.05, 0.1) is 4.90 Å². The fourth-order valence-corrected chi connectivity index (χ4v) is 3.09. The number of benzene rings is 1. The van der Waals surface area contributed by atoms with Crippen molar-refractivity contribution in [3.63, 3.8) is 0 Å². The van der Waals surface area contributed by atoms with Crippen molar-refractivity contribution in [1.82, 2.24) is 4.72 Å². The molecule has 6 heteroatoms. The van der Waals surface area contributed by atoms with Gasteiger partial charge in [-0.3, -0.25) is 4.79 Å². The molecule has 0 unspecified atom stereocenters. The quantitative estimate of drug-likeness (QED) is 0.808. The third-order valence-electron chi connectivity index (χ3n) is 3.23. The number of hydrogen-bond donors (Lipinski definition) is 2. The van der Waals surface area contributed by atoms with Crippen LogP contribution in [0.4, 0.5) is 0 Å². The lowest BCUT2D eigenvalue weighted by atomic mass is 10.1. The summed E-state index contributed by atoms with van der Waals surface area (Å²) < 4.78 is 26.7. The van der Waals surface area contributed by atoms with Gasteiger partial charge in [-0.2, -0.15) is 4.72 Å². The van der Waals surface area contributed by atoms with Gasteiger partial charge in [0.25, 0.3) is 0 Å². The van der Waals surface area contributed by atoms with Gasteiger partial charge in [-0.15, -0.1) is 0 Å². The highest BCUT2D eigenvalue weighted by Gasteiger charge is 2.24. The molecule has 1 rings (SSSR count). The number of aryl methyl sites for hydroxylation is 2. The summed E-state index contributed by atoms with van der Waals surface area (Å²) in [5, 5.41) is 9.08. The summed E-state index contributed by atoms with van der Waals surface area (Å²) in [6.45, 7) is 5.64. The average molecular weight is 299 g/mol. The third kappa shape index (κ3) is 4.31. The van der Waals surface area contributed by atoms with Crippen LogP contribution >= 0.6 is 0 Å². The molecule has 0 bridgehead atoms. The third-order valence-corrected chi connectivity index (χ3v) is 4.70. The van der Waals surface area contributed by atoms with Gasteiger partial charge in [0.1, 0.15) is 6.04 Å². The second kappa shape index (κ2) is 6.85. The molecule has 0 aromatic heterocycles. The molecule has 0 aliphatic carbocycles. The molecule has 0 radical (unpaired) electrons. The van der Waals surface area contributed by atoms with E-state index in [9.17, 15) is 13.2 Å². The van der Waals surface area contributed by atoms with Crippen molar-refractivity contribution in [3.05, 3.63) is 29.3 Å². The Kier molecular flexibility index (Phi) is 5.71. The maximum atomic E-state index is 12.2. The van der Waals surface area contributed by atoms with Crippen LogP contribution in [0.15, 0.2) is 23.1 Å². The first-order chi connectivity index (χ1) is 9.27. The van der Waals surface area contributed by atoms with E-state index in [1.807, 2.05) is 20.8 Å². The minimum absolute atomic E-state index is 0.100. The Morgan fingerprint density at radius 1 is 1.30 bits per heavy atom. The summed E-state index contributed by atoms with van der Waals surface area (Å²) in [6, 6.07) is 3.67. The van der Waals surface area contributed by atoms with Crippen molar-refractivity contribution in [3.8, 4) is 0 Å². The first kappa shape index (κ1) is 16.7. The highest BCUT2D eigenvalue weighted by atomic mass is 32.2. The maximum absolute atomic E-state index is 12.2. The minimum Gasteiger partial charge on any atom is -0.480 e. The fraction of sp³-hybridized carbons (Fsp3) is 0.500. The lowest BCUT2D eigenvalue weighted by Crippen LogP contribution is -2.40. The molecule has 0 aliphatic rings. The number of unbranched alkanes of at least 4 members (excludes halogenated alkanes) is 1. The molecular weight excluding hydrogens is 278 g/mol. The van der Waals surface area contributed by atoms with E-state index in [1.165, 1.54) is 6.07 Å². The van der Waals surface area contributed by atoms with E-state index in [0.717, 1.165) is 17.5 Å². The molecule has 2 N–H and O–H groups in total. The SMILES string of the molecule is CCCC[C@H](NS(=O)(=O)c1ccc(C)c(C)c1)C(=O)O. The van der Waals surface area contributed by atoms with Gasteiger partial charge >= 0.3 is 5.97 Å². The molecule has 20 heavy (non-hydrogen) atoms. The topological polar surface area (TPSA) is 83.5 Å². The van der Waals surface area contributed by atoms with Gasteiger partial charge in [0.2, 0.25) is 10.0 Å². The summed E-state index contributed by atoms with van der Waals surface area (Å²) in [7, 11) is -3.81. The molecule has 0 heterocycles.